The second-order valence-corrected chi connectivity index (χ2v) is 7.18. The van der Waals surface area contributed by atoms with Crippen molar-refractivity contribution in [3.05, 3.63) is 24.3 Å². The summed E-state index contributed by atoms with van der Waals surface area (Å²) in [4.78, 5) is 37.6. The number of nitrogens with zero attached hydrogens (tertiary/aromatic N) is 1. The third-order valence-corrected chi connectivity index (χ3v) is 4.93. The van der Waals surface area contributed by atoms with Gasteiger partial charge < -0.3 is 10.6 Å². The highest BCUT2D eigenvalue weighted by Crippen LogP contribution is 2.40. The largest absolute Gasteiger partial charge is 0.326 e. The first kappa shape index (κ1) is 17.6. The Labute approximate surface area is 148 Å². The van der Waals surface area contributed by atoms with Crippen molar-refractivity contribution < 1.29 is 14.4 Å². The van der Waals surface area contributed by atoms with E-state index in [2.05, 4.69) is 15.5 Å². The summed E-state index contributed by atoms with van der Waals surface area (Å²) in [6.07, 6.45) is 3.43. The zero-order valence-corrected chi connectivity index (χ0v) is 14.7. The Morgan fingerprint density at radius 2 is 1.68 bits per heavy atom. The molecule has 6 heteroatoms. The van der Waals surface area contributed by atoms with Crippen molar-refractivity contribution in [2.45, 2.75) is 51.6 Å². The summed E-state index contributed by atoms with van der Waals surface area (Å²) in [6.45, 7) is 3.79. The number of carbonyl (C=O) groups is 3. The molecule has 1 heterocycles. The van der Waals surface area contributed by atoms with Crippen molar-refractivity contribution in [1.29, 1.82) is 0 Å². The lowest BCUT2D eigenvalue weighted by atomic mass is 9.92. The number of nitrogens with one attached hydrogen (secondary N) is 2. The quantitative estimate of drug-likeness (QED) is 0.861. The molecule has 1 aromatic carbocycles. The van der Waals surface area contributed by atoms with Gasteiger partial charge in [-0.2, -0.15) is 0 Å². The van der Waals surface area contributed by atoms with E-state index in [1.165, 1.54) is 6.92 Å². The van der Waals surface area contributed by atoms with E-state index < -0.39 is 0 Å². The molecular weight excluding hydrogens is 318 g/mol. The van der Waals surface area contributed by atoms with E-state index >= 15 is 0 Å². The summed E-state index contributed by atoms with van der Waals surface area (Å²) < 4.78 is 0. The summed E-state index contributed by atoms with van der Waals surface area (Å²) in [5.74, 6) is 0.682. The van der Waals surface area contributed by atoms with Crippen LogP contribution in [0, 0.1) is 5.92 Å². The predicted molar refractivity (Wildman–Crippen MR) is 96.3 cm³/mol. The van der Waals surface area contributed by atoms with Crippen molar-refractivity contribution in [2.24, 2.45) is 5.92 Å². The molecule has 6 nitrogen and oxygen atoms in total. The van der Waals surface area contributed by atoms with Crippen molar-refractivity contribution in [3.63, 3.8) is 0 Å². The number of anilines is 2. The molecule has 2 fully saturated rings. The Kier molecular flexibility index (Phi) is 5.18. The normalized spacial score (nSPS) is 24.0. The van der Waals surface area contributed by atoms with Gasteiger partial charge in [0.05, 0.1) is 6.54 Å². The van der Waals surface area contributed by atoms with Crippen LogP contribution in [0.4, 0.5) is 11.4 Å². The lowest BCUT2D eigenvalue weighted by Gasteiger charge is -2.39. The molecule has 3 rings (SSSR count). The van der Waals surface area contributed by atoms with Gasteiger partial charge >= 0.3 is 0 Å². The van der Waals surface area contributed by atoms with Gasteiger partial charge in [-0.1, -0.05) is 0 Å². The molecule has 2 N–H and O–H groups in total. The number of amides is 2. The maximum Gasteiger partial charge on any atom is 0.238 e. The van der Waals surface area contributed by atoms with Gasteiger partial charge in [0.2, 0.25) is 11.8 Å². The molecule has 134 valence electrons. The Morgan fingerprint density at radius 3 is 2.24 bits per heavy atom. The molecule has 2 atom stereocenters. The molecule has 0 unspecified atom stereocenters. The third kappa shape index (κ3) is 4.66. The molecule has 1 aliphatic heterocycles. The average molecular weight is 343 g/mol. The monoisotopic (exact) mass is 343 g/mol. The lowest BCUT2D eigenvalue weighted by molar-refractivity contribution is -0.129. The Hall–Kier alpha value is -2.21. The summed E-state index contributed by atoms with van der Waals surface area (Å²) in [5, 5.41) is 5.60. The number of hydrogen-bond donors (Lipinski definition) is 2. The van der Waals surface area contributed by atoms with Gasteiger partial charge in [-0.15, -0.1) is 0 Å². The predicted octanol–water partition coefficient (Wildman–Crippen LogP) is 2.42. The van der Waals surface area contributed by atoms with E-state index in [-0.39, 0.29) is 23.9 Å². The number of ketones is 1. The summed E-state index contributed by atoms with van der Waals surface area (Å²) >= 11 is 0. The summed E-state index contributed by atoms with van der Waals surface area (Å²) in [5.41, 5.74) is 1.39. The topological polar surface area (TPSA) is 78.5 Å². The fraction of sp³-hybridized carbons (Fsp3) is 0.526. The van der Waals surface area contributed by atoms with Crippen LogP contribution in [-0.4, -0.2) is 41.1 Å². The number of rotatable bonds is 5. The van der Waals surface area contributed by atoms with Crippen molar-refractivity contribution in [2.75, 3.05) is 17.2 Å². The van der Waals surface area contributed by atoms with Crippen LogP contribution in [0.15, 0.2) is 24.3 Å². The summed E-state index contributed by atoms with van der Waals surface area (Å²) in [6, 6.07) is 7.37. The van der Waals surface area contributed by atoms with Gasteiger partial charge in [-0.05, 0) is 49.9 Å². The standard InChI is InChI=1S/C19H25N3O3/c1-12-9-17(24)10-18(14-3-4-14)22(12)11-19(25)21-16-7-5-15(6-8-16)20-13(2)23/h5-8,12,14,18H,3-4,9-11H2,1-2H3,(H,20,23)(H,21,25)/t12-,18+/m0/s1. The Balaban J connectivity index is 1.59. The molecule has 0 radical (unpaired) electrons. The minimum absolute atomic E-state index is 0.0703. The van der Waals surface area contributed by atoms with Crippen molar-refractivity contribution in [1.82, 2.24) is 4.90 Å². The Bertz CT molecular complexity index is 667. The van der Waals surface area contributed by atoms with E-state index in [4.69, 9.17) is 0 Å². The number of carbonyl (C=O) groups excluding carboxylic acids is 3. The first-order valence-corrected chi connectivity index (χ1v) is 8.87. The zero-order valence-electron chi connectivity index (χ0n) is 14.7. The van der Waals surface area contributed by atoms with Crippen LogP contribution in [-0.2, 0) is 14.4 Å². The minimum Gasteiger partial charge on any atom is -0.326 e. The van der Waals surface area contributed by atoms with E-state index in [9.17, 15) is 14.4 Å². The van der Waals surface area contributed by atoms with Gasteiger partial charge in [0, 0.05) is 43.2 Å². The van der Waals surface area contributed by atoms with E-state index in [0.717, 1.165) is 12.8 Å². The highest BCUT2D eigenvalue weighted by atomic mass is 16.2. The minimum atomic E-state index is -0.128. The Morgan fingerprint density at radius 1 is 1.08 bits per heavy atom. The van der Waals surface area contributed by atoms with Gasteiger partial charge in [-0.3, -0.25) is 19.3 Å². The van der Waals surface area contributed by atoms with E-state index in [1.54, 1.807) is 24.3 Å². The van der Waals surface area contributed by atoms with E-state index in [1.807, 2.05) is 6.92 Å². The fourth-order valence-electron chi connectivity index (χ4n) is 3.61. The number of benzene rings is 1. The molecule has 1 saturated carbocycles. The maximum atomic E-state index is 12.5. The van der Waals surface area contributed by atoms with Crippen LogP contribution < -0.4 is 10.6 Å². The molecule has 0 bridgehead atoms. The molecule has 0 aromatic heterocycles. The van der Waals surface area contributed by atoms with Crippen LogP contribution in [0.5, 0.6) is 0 Å². The van der Waals surface area contributed by atoms with Crippen LogP contribution >= 0.6 is 0 Å². The number of piperidine rings is 1. The zero-order chi connectivity index (χ0) is 18.0. The average Bonchev–Trinajstić information content (AvgIpc) is 3.36. The number of likely N-dealkylation sites (tertiary alicyclic amines) is 1. The van der Waals surface area contributed by atoms with E-state index in [0.29, 0.717) is 42.5 Å². The van der Waals surface area contributed by atoms with Gasteiger partial charge in [0.25, 0.3) is 0 Å². The van der Waals surface area contributed by atoms with Gasteiger partial charge in [0.15, 0.2) is 0 Å². The SMILES string of the molecule is CC(=O)Nc1ccc(NC(=O)CN2[C@@H](C3CC3)CC(=O)C[C@@H]2C)cc1. The van der Waals surface area contributed by atoms with Crippen LogP contribution in [0.2, 0.25) is 0 Å². The summed E-state index contributed by atoms with van der Waals surface area (Å²) in [7, 11) is 0. The second kappa shape index (κ2) is 7.35. The van der Waals surface area contributed by atoms with Crippen LogP contribution in [0.3, 0.4) is 0 Å². The first-order valence-electron chi connectivity index (χ1n) is 8.87. The molecule has 1 aromatic rings. The van der Waals surface area contributed by atoms with Crippen molar-refractivity contribution >= 4 is 29.0 Å². The van der Waals surface area contributed by atoms with Crippen LogP contribution in [0.25, 0.3) is 0 Å². The lowest BCUT2D eigenvalue weighted by Crippen LogP contribution is -2.52. The second-order valence-electron chi connectivity index (χ2n) is 7.18. The fourth-order valence-corrected chi connectivity index (χ4v) is 3.61. The van der Waals surface area contributed by atoms with Crippen LogP contribution in [0.1, 0.15) is 39.5 Å². The molecule has 1 aliphatic carbocycles. The molecule has 1 saturated heterocycles. The molecule has 2 aliphatic rings. The maximum absolute atomic E-state index is 12.5. The highest BCUT2D eigenvalue weighted by Gasteiger charge is 2.42. The smallest absolute Gasteiger partial charge is 0.238 e. The number of Topliss-reactive ketones (excluding diaryl/α,β-unsaturated/α-hetero) is 1. The molecular formula is C19H25N3O3. The first-order chi connectivity index (χ1) is 11.9. The number of hydrogen-bond acceptors (Lipinski definition) is 4. The van der Waals surface area contributed by atoms with Gasteiger partial charge in [-0.25, -0.2) is 0 Å². The third-order valence-electron chi connectivity index (χ3n) is 4.93. The molecule has 2 amide bonds. The van der Waals surface area contributed by atoms with Crippen molar-refractivity contribution in [3.8, 4) is 0 Å². The highest BCUT2D eigenvalue weighted by molar-refractivity contribution is 5.93. The molecule has 25 heavy (non-hydrogen) atoms. The van der Waals surface area contributed by atoms with Gasteiger partial charge in [0.1, 0.15) is 5.78 Å². The molecule has 0 spiro atoms.